The Bertz CT molecular complexity index is 821. The molecule has 0 saturated carbocycles. The molecular formula is C17H21N3O4. The summed E-state index contributed by atoms with van der Waals surface area (Å²) in [7, 11) is 2.98. The van der Waals surface area contributed by atoms with Crippen LogP contribution in [0.2, 0.25) is 0 Å². The second kappa shape index (κ2) is 7.63. The van der Waals surface area contributed by atoms with Crippen molar-refractivity contribution in [1.82, 2.24) is 14.5 Å². The van der Waals surface area contributed by atoms with Crippen LogP contribution < -0.4 is 21.3 Å². The number of rotatable bonds is 6. The molecule has 7 heteroatoms. The van der Waals surface area contributed by atoms with Gasteiger partial charge in [0.15, 0.2) is 0 Å². The van der Waals surface area contributed by atoms with Gasteiger partial charge in [-0.05, 0) is 24.1 Å². The van der Waals surface area contributed by atoms with E-state index in [0.29, 0.717) is 6.42 Å². The fourth-order valence-electron chi connectivity index (χ4n) is 2.39. The highest BCUT2D eigenvalue weighted by Crippen LogP contribution is 2.19. The molecule has 1 aromatic carbocycles. The van der Waals surface area contributed by atoms with Gasteiger partial charge in [0.2, 0.25) is 5.91 Å². The molecule has 0 aliphatic heterocycles. The molecule has 1 aromatic heterocycles. The maximum atomic E-state index is 12.2. The highest BCUT2D eigenvalue weighted by Gasteiger charge is 2.14. The summed E-state index contributed by atoms with van der Waals surface area (Å²) in [6, 6.07) is 8.56. The Morgan fingerprint density at radius 1 is 1.21 bits per heavy atom. The average Bonchev–Trinajstić information content (AvgIpc) is 2.60. The van der Waals surface area contributed by atoms with Gasteiger partial charge in [-0.1, -0.05) is 19.1 Å². The van der Waals surface area contributed by atoms with Crippen LogP contribution in [-0.4, -0.2) is 22.2 Å². The molecule has 128 valence electrons. The Morgan fingerprint density at radius 3 is 2.46 bits per heavy atom. The summed E-state index contributed by atoms with van der Waals surface area (Å²) < 4.78 is 7.30. The fourth-order valence-corrected chi connectivity index (χ4v) is 2.39. The third kappa shape index (κ3) is 3.92. The number of nitrogens with zero attached hydrogens (tertiary/aromatic N) is 2. The van der Waals surface area contributed by atoms with Gasteiger partial charge in [-0.2, -0.15) is 0 Å². The Labute approximate surface area is 139 Å². The number of amides is 1. The Kier molecular flexibility index (Phi) is 5.57. The van der Waals surface area contributed by atoms with Gasteiger partial charge in [0.05, 0.1) is 13.2 Å². The molecule has 0 saturated heterocycles. The van der Waals surface area contributed by atoms with E-state index in [9.17, 15) is 14.4 Å². The Balaban J connectivity index is 2.10. The van der Waals surface area contributed by atoms with Gasteiger partial charge in [0, 0.05) is 19.3 Å². The zero-order chi connectivity index (χ0) is 17.7. The molecule has 1 atom stereocenters. The number of hydrogen-bond acceptors (Lipinski definition) is 4. The number of nitrogens with one attached hydrogen (secondary N) is 1. The van der Waals surface area contributed by atoms with E-state index < -0.39 is 11.2 Å². The molecule has 0 fully saturated rings. The first-order valence-electron chi connectivity index (χ1n) is 7.66. The third-order valence-electron chi connectivity index (χ3n) is 3.84. The number of ether oxygens (including phenoxy) is 1. The van der Waals surface area contributed by atoms with E-state index in [1.54, 1.807) is 7.11 Å². The van der Waals surface area contributed by atoms with Crippen molar-refractivity contribution in [3.63, 3.8) is 0 Å². The first kappa shape index (κ1) is 17.5. The lowest BCUT2D eigenvalue weighted by atomic mass is 10.0. The largest absolute Gasteiger partial charge is 0.497 e. The number of aromatic nitrogens is 2. The lowest BCUT2D eigenvalue weighted by Gasteiger charge is -2.18. The molecule has 7 nitrogen and oxygen atoms in total. The molecular weight excluding hydrogens is 310 g/mol. The molecule has 2 rings (SSSR count). The molecule has 2 aromatic rings. The van der Waals surface area contributed by atoms with E-state index in [4.69, 9.17) is 4.74 Å². The zero-order valence-corrected chi connectivity index (χ0v) is 14.0. The first-order chi connectivity index (χ1) is 11.5. The van der Waals surface area contributed by atoms with Crippen LogP contribution in [0.1, 0.15) is 24.9 Å². The van der Waals surface area contributed by atoms with Crippen LogP contribution in [-0.2, 0) is 18.4 Å². The third-order valence-corrected chi connectivity index (χ3v) is 3.84. The van der Waals surface area contributed by atoms with Gasteiger partial charge in [-0.25, -0.2) is 4.79 Å². The van der Waals surface area contributed by atoms with Gasteiger partial charge in [-0.15, -0.1) is 0 Å². The van der Waals surface area contributed by atoms with Crippen LogP contribution in [0.3, 0.4) is 0 Å². The van der Waals surface area contributed by atoms with Crippen molar-refractivity contribution in [2.45, 2.75) is 25.9 Å². The van der Waals surface area contributed by atoms with Gasteiger partial charge < -0.3 is 10.1 Å². The van der Waals surface area contributed by atoms with Crippen LogP contribution in [0.15, 0.2) is 46.1 Å². The minimum absolute atomic E-state index is 0.139. The number of benzene rings is 1. The summed E-state index contributed by atoms with van der Waals surface area (Å²) in [4.78, 5) is 35.6. The predicted molar refractivity (Wildman–Crippen MR) is 90.1 cm³/mol. The minimum atomic E-state index is -0.518. The number of carbonyl (C=O) groups excluding carboxylic acids is 1. The van der Waals surface area contributed by atoms with Crippen molar-refractivity contribution in [3.05, 3.63) is 62.9 Å². The lowest BCUT2D eigenvalue weighted by Crippen LogP contribution is -2.40. The van der Waals surface area contributed by atoms with Crippen LogP contribution in [0.5, 0.6) is 5.75 Å². The molecule has 0 aliphatic carbocycles. The van der Waals surface area contributed by atoms with Gasteiger partial charge >= 0.3 is 5.69 Å². The monoisotopic (exact) mass is 331 g/mol. The van der Waals surface area contributed by atoms with E-state index in [-0.39, 0.29) is 18.5 Å². The smallest absolute Gasteiger partial charge is 0.331 e. The maximum Gasteiger partial charge on any atom is 0.331 e. The second-order valence-corrected chi connectivity index (χ2v) is 5.42. The predicted octanol–water partition coefficient (Wildman–Crippen LogP) is 0.823. The molecule has 1 N–H and O–H groups in total. The molecule has 0 bridgehead atoms. The van der Waals surface area contributed by atoms with E-state index in [1.807, 2.05) is 31.2 Å². The average molecular weight is 331 g/mol. The standard InChI is InChI=1S/C17H21N3O4/c1-4-14(12-5-7-13(24-3)8-6-12)18-15(21)11-20-10-9-16(22)19(2)17(20)23/h5-10,14H,4,11H2,1-3H3,(H,18,21)/t14-/m1/s1. The van der Waals surface area contributed by atoms with Crippen LogP contribution in [0.4, 0.5) is 0 Å². The Hall–Kier alpha value is -2.83. The second-order valence-electron chi connectivity index (χ2n) is 5.42. The molecule has 0 aliphatic rings. The molecule has 24 heavy (non-hydrogen) atoms. The van der Waals surface area contributed by atoms with E-state index in [2.05, 4.69) is 5.32 Å². The van der Waals surface area contributed by atoms with Crippen molar-refractivity contribution in [1.29, 1.82) is 0 Å². The molecule has 0 unspecified atom stereocenters. The van der Waals surface area contributed by atoms with Crippen molar-refractivity contribution >= 4 is 5.91 Å². The summed E-state index contributed by atoms with van der Waals surface area (Å²) >= 11 is 0. The quantitative estimate of drug-likeness (QED) is 0.850. The van der Waals surface area contributed by atoms with Crippen LogP contribution >= 0.6 is 0 Å². The van der Waals surface area contributed by atoms with Crippen LogP contribution in [0.25, 0.3) is 0 Å². The normalized spacial score (nSPS) is 11.8. The zero-order valence-electron chi connectivity index (χ0n) is 14.0. The number of carbonyl (C=O) groups is 1. The highest BCUT2D eigenvalue weighted by atomic mass is 16.5. The minimum Gasteiger partial charge on any atom is -0.497 e. The molecule has 0 radical (unpaired) electrons. The maximum absolute atomic E-state index is 12.2. The van der Waals surface area contributed by atoms with Gasteiger partial charge in [0.25, 0.3) is 5.56 Å². The van der Waals surface area contributed by atoms with Crippen LogP contribution in [0, 0.1) is 0 Å². The van der Waals surface area contributed by atoms with E-state index in [0.717, 1.165) is 15.9 Å². The Morgan fingerprint density at radius 2 is 1.88 bits per heavy atom. The van der Waals surface area contributed by atoms with Crippen molar-refractivity contribution in [2.24, 2.45) is 7.05 Å². The number of hydrogen-bond donors (Lipinski definition) is 1. The lowest BCUT2D eigenvalue weighted by molar-refractivity contribution is -0.122. The van der Waals surface area contributed by atoms with E-state index in [1.165, 1.54) is 23.9 Å². The molecule has 0 spiro atoms. The molecule has 1 amide bonds. The molecule has 1 heterocycles. The van der Waals surface area contributed by atoms with Gasteiger partial charge in [-0.3, -0.25) is 18.7 Å². The summed E-state index contributed by atoms with van der Waals surface area (Å²) in [5.41, 5.74) is 0.0379. The highest BCUT2D eigenvalue weighted by molar-refractivity contribution is 5.76. The first-order valence-corrected chi connectivity index (χ1v) is 7.66. The van der Waals surface area contributed by atoms with Crippen molar-refractivity contribution < 1.29 is 9.53 Å². The topological polar surface area (TPSA) is 82.3 Å². The van der Waals surface area contributed by atoms with E-state index >= 15 is 0 Å². The van der Waals surface area contributed by atoms with Crippen molar-refractivity contribution in [3.8, 4) is 5.75 Å². The SMILES string of the molecule is CC[C@@H](NC(=O)Cn1ccc(=O)n(C)c1=O)c1ccc(OC)cc1. The summed E-state index contributed by atoms with van der Waals surface area (Å²) in [6.45, 7) is 1.83. The fraction of sp³-hybridized carbons (Fsp3) is 0.353. The van der Waals surface area contributed by atoms with Gasteiger partial charge in [0.1, 0.15) is 12.3 Å². The van der Waals surface area contributed by atoms with Crippen molar-refractivity contribution in [2.75, 3.05) is 7.11 Å². The number of methoxy groups -OCH3 is 1. The summed E-state index contributed by atoms with van der Waals surface area (Å²) in [5, 5.41) is 2.90. The summed E-state index contributed by atoms with van der Waals surface area (Å²) in [5.74, 6) is 0.454. The summed E-state index contributed by atoms with van der Waals surface area (Å²) in [6.07, 6.45) is 2.04.